The van der Waals surface area contributed by atoms with Crippen LogP contribution in [0.1, 0.15) is 23.0 Å². The molecule has 0 unspecified atom stereocenters. The van der Waals surface area contributed by atoms with Crippen molar-refractivity contribution in [3.05, 3.63) is 70.7 Å². The summed E-state index contributed by atoms with van der Waals surface area (Å²) in [6, 6.07) is 14.4. The summed E-state index contributed by atoms with van der Waals surface area (Å²) in [5.41, 5.74) is 3.16. The normalized spacial score (nSPS) is 10.4. The van der Waals surface area contributed by atoms with Crippen molar-refractivity contribution >= 4 is 35.0 Å². The molecule has 7 nitrogen and oxygen atoms in total. The molecular weight excluding hydrogens is 448 g/mol. The van der Waals surface area contributed by atoms with E-state index in [1.54, 1.807) is 29.8 Å². The van der Waals surface area contributed by atoms with E-state index in [0.717, 1.165) is 16.3 Å². The van der Waals surface area contributed by atoms with Crippen LogP contribution in [0, 0.1) is 0 Å². The Hall–Kier alpha value is -3.04. The van der Waals surface area contributed by atoms with Crippen LogP contribution in [0.5, 0.6) is 11.5 Å². The Kier molecular flexibility index (Phi) is 9.39. The lowest BCUT2D eigenvalue weighted by Crippen LogP contribution is -2.32. The maximum absolute atomic E-state index is 12.5. The van der Waals surface area contributed by atoms with E-state index < -0.39 is 5.97 Å². The zero-order valence-electron chi connectivity index (χ0n) is 17.6. The van der Waals surface area contributed by atoms with Gasteiger partial charge in [-0.05, 0) is 43.3 Å². The summed E-state index contributed by atoms with van der Waals surface area (Å²) < 4.78 is 16.1. The van der Waals surface area contributed by atoms with E-state index in [-0.39, 0.29) is 12.5 Å². The first-order chi connectivity index (χ1) is 15.7. The smallest absolute Gasteiger partial charge is 0.339 e. The lowest BCUT2D eigenvalue weighted by Gasteiger charge is -2.10. The molecule has 0 saturated carbocycles. The van der Waals surface area contributed by atoms with E-state index >= 15 is 0 Å². The fourth-order valence-corrected chi connectivity index (χ4v) is 4.25. The van der Waals surface area contributed by atoms with Crippen LogP contribution in [0.4, 0.5) is 0 Å². The Morgan fingerprint density at radius 2 is 1.81 bits per heavy atom. The van der Waals surface area contributed by atoms with Crippen LogP contribution in [-0.2, 0) is 15.3 Å². The molecular formula is C23H24N2O5S2. The monoisotopic (exact) mass is 472 g/mol. The van der Waals surface area contributed by atoms with Gasteiger partial charge in [0, 0.05) is 16.0 Å². The zero-order chi connectivity index (χ0) is 22.6. The summed E-state index contributed by atoms with van der Waals surface area (Å²) in [5, 5.41) is 4.64. The molecule has 3 aromatic rings. The van der Waals surface area contributed by atoms with Crippen LogP contribution in [0.2, 0.25) is 0 Å². The number of thioether (sulfide) groups is 1. The standard InChI is InChI=1S/C23H24N2O5S2/c1-2-28-18-7-9-19(10-8-18)29-12-11-24-22(26)13-30-23(27)20-5-3-4-6-21(20)32-15-17-14-31-16-25-17/h3-10,14,16H,2,11-13,15H2,1H3,(H,24,26). The van der Waals surface area contributed by atoms with Crippen LogP contribution in [0.15, 0.2) is 64.3 Å². The second-order valence-corrected chi connectivity index (χ2v) is 8.18. The molecule has 0 fully saturated rings. The van der Waals surface area contributed by atoms with Crippen LogP contribution in [0.3, 0.4) is 0 Å². The van der Waals surface area contributed by atoms with Gasteiger partial charge in [-0.1, -0.05) is 12.1 Å². The third-order valence-corrected chi connectivity index (χ3v) is 5.87. The molecule has 0 aliphatic heterocycles. The number of ether oxygens (including phenoxy) is 3. The Balaban J connectivity index is 1.37. The van der Waals surface area contributed by atoms with Gasteiger partial charge in [0.15, 0.2) is 6.61 Å². The molecule has 0 aliphatic rings. The number of nitrogens with one attached hydrogen (secondary N) is 1. The highest BCUT2D eigenvalue weighted by atomic mass is 32.2. The van der Waals surface area contributed by atoms with Gasteiger partial charge in [0.25, 0.3) is 5.91 Å². The van der Waals surface area contributed by atoms with E-state index in [1.807, 2.05) is 36.6 Å². The van der Waals surface area contributed by atoms with Gasteiger partial charge < -0.3 is 19.5 Å². The van der Waals surface area contributed by atoms with Crippen molar-refractivity contribution in [1.29, 1.82) is 0 Å². The molecule has 1 amide bonds. The van der Waals surface area contributed by atoms with E-state index in [4.69, 9.17) is 14.2 Å². The molecule has 1 N–H and O–H groups in total. The Bertz CT molecular complexity index is 994. The number of benzene rings is 2. The SMILES string of the molecule is CCOc1ccc(OCCNC(=O)COC(=O)c2ccccc2SCc2cscn2)cc1. The third kappa shape index (κ3) is 7.58. The van der Waals surface area contributed by atoms with Crippen LogP contribution >= 0.6 is 23.1 Å². The molecule has 168 valence electrons. The minimum atomic E-state index is -0.535. The van der Waals surface area contributed by atoms with E-state index in [1.165, 1.54) is 23.1 Å². The number of nitrogens with zero attached hydrogens (tertiary/aromatic N) is 1. The van der Waals surface area contributed by atoms with E-state index in [9.17, 15) is 9.59 Å². The van der Waals surface area contributed by atoms with E-state index in [0.29, 0.717) is 36.8 Å². The molecule has 0 spiro atoms. The topological polar surface area (TPSA) is 86.8 Å². The van der Waals surface area contributed by atoms with Crippen molar-refractivity contribution in [2.24, 2.45) is 0 Å². The van der Waals surface area contributed by atoms with Crippen LogP contribution in [-0.4, -0.2) is 43.2 Å². The van der Waals surface area contributed by atoms with Gasteiger partial charge in [-0.2, -0.15) is 0 Å². The molecule has 0 aliphatic carbocycles. The summed E-state index contributed by atoms with van der Waals surface area (Å²) in [4.78, 5) is 29.5. The number of aromatic nitrogens is 1. The lowest BCUT2D eigenvalue weighted by atomic mass is 10.2. The lowest BCUT2D eigenvalue weighted by molar-refractivity contribution is -0.124. The maximum atomic E-state index is 12.5. The maximum Gasteiger partial charge on any atom is 0.339 e. The predicted octanol–water partition coefficient (Wildman–Crippen LogP) is 4.19. The van der Waals surface area contributed by atoms with Gasteiger partial charge >= 0.3 is 5.97 Å². The molecule has 0 saturated heterocycles. The zero-order valence-corrected chi connectivity index (χ0v) is 19.2. The first kappa shape index (κ1) is 23.6. The molecule has 32 heavy (non-hydrogen) atoms. The van der Waals surface area contributed by atoms with Gasteiger partial charge in [-0.15, -0.1) is 23.1 Å². The van der Waals surface area contributed by atoms with Crippen molar-refractivity contribution < 1.29 is 23.8 Å². The first-order valence-electron chi connectivity index (χ1n) is 10.0. The summed E-state index contributed by atoms with van der Waals surface area (Å²) in [6.07, 6.45) is 0. The van der Waals surface area contributed by atoms with Crippen LogP contribution in [0.25, 0.3) is 0 Å². The quantitative estimate of drug-likeness (QED) is 0.240. The summed E-state index contributed by atoms with van der Waals surface area (Å²) in [7, 11) is 0. The van der Waals surface area contributed by atoms with E-state index in [2.05, 4.69) is 10.3 Å². The number of hydrogen-bond donors (Lipinski definition) is 1. The Morgan fingerprint density at radius 3 is 2.53 bits per heavy atom. The first-order valence-corrected chi connectivity index (χ1v) is 12.0. The third-order valence-electron chi connectivity index (χ3n) is 4.13. The molecule has 2 aromatic carbocycles. The molecule has 0 radical (unpaired) electrons. The number of esters is 1. The fraction of sp³-hybridized carbons (Fsp3) is 0.261. The molecule has 9 heteroatoms. The predicted molar refractivity (Wildman–Crippen MR) is 125 cm³/mol. The minimum Gasteiger partial charge on any atom is -0.494 e. The molecule has 0 atom stereocenters. The second-order valence-electron chi connectivity index (χ2n) is 6.44. The number of carbonyl (C=O) groups is 2. The number of rotatable bonds is 12. The number of hydrogen-bond acceptors (Lipinski definition) is 8. The highest BCUT2D eigenvalue weighted by molar-refractivity contribution is 7.98. The Morgan fingerprint density at radius 1 is 1.06 bits per heavy atom. The van der Waals surface area contributed by atoms with Gasteiger partial charge in [-0.3, -0.25) is 4.79 Å². The highest BCUT2D eigenvalue weighted by Crippen LogP contribution is 2.26. The van der Waals surface area contributed by atoms with Gasteiger partial charge in [0.05, 0.1) is 29.9 Å². The number of thiazole rings is 1. The average Bonchev–Trinajstić information content (AvgIpc) is 3.34. The molecule has 1 aromatic heterocycles. The summed E-state index contributed by atoms with van der Waals surface area (Å²) in [5.74, 6) is 1.19. The van der Waals surface area contributed by atoms with Crippen molar-refractivity contribution in [1.82, 2.24) is 10.3 Å². The van der Waals surface area contributed by atoms with Crippen molar-refractivity contribution in [3.8, 4) is 11.5 Å². The van der Waals surface area contributed by atoms with Gasteiger partial charge in [0.2, 0.25) is 0 Å². The highest BCUT2D eigenvalue weighted by Gasteiger charge is 2.15. The largest absolute Gasteiger partial charge is 0.494 e. The second kappa shape index (κ2) is 12.7. The van der Waals surface area contributed by atoms with Crippen LogP contribution < -0.4 is 14.8 Å². The van der Waals surface area contributed by atoms with Gasteiger partial charge in [0.1, 0.15) is 18.1 Å². The molecule has 1 heterocycles. The van der Waals surface area contributed by atoms with Crippen molar-refractivity contribution in [2.75, 3.05) is 26.4 Å². The summed E-state index contributed by atoms with van der Waals surface area (Å²) in [6.45, 7) is 2.76. The number of amides is 1. The molecule has 3 rings (SSSR count). The average molecular weight is 473 g/mol. The van der Waals surface area contributed by atoms with Crippen molar-refractivity contribution in [2.45, 2.75) is 17.6 Å². The summed E-state index contributed by atoms with van der Waals surface area (Å²) >= 11 is 3.03. The fourth-order valence-electron chi connectivity index (χ4n) is 2.64. The minimum absolute atomic E-state index is 0.295. The van der Waals surface area contributed by atoms with Crippen molar-refractivity contribution in [3.63, 3.8) is 0 Å². The molecule has 0 bridgehead atoms. The van der Waals surface area contributed by atoms with Gasteiger partial charge in [-0.25, -0.2) is 9.78 Å². The number of carbonyl (C=O) groups excluding carboxylic acids is 2. The Labute approximate surface area is 195 Å².